The summed E-state index contributed by atoms with van der Waals surface area (Å²) in [5, 5.41) is 0. The number of carbonyl (C=O) groups is 2. The number of Topliss-reactive ketones (excluding diaryl/α,β-unsaturated/α-hetero) is 1. The fraction of sp³-hybridized carbons (Fsp3) is 0.429. The van der Waals surface area contributed by atoms with Crippen molar-refractivity contribution in [3.8, 4) is 5.75 Å². The predicted molar refractivity (Wildman–Crippen MR) is 67.4 cm³/mol. The first-order chi connectivity index (χ1) is 8.59. The van der Waals surface area contributed by atoms with Gasteiger partial charge in [-0.2, -0.15) is 0 Å². The van der Waals surface area contributed by atoms with Gasteiger partial charge < -0.3 is 9.47 Å². The number of ketones is 1. The van der Waals surface area contributed by atoms with E-state index in [-0.39, 0.29) is 12.5 Å². The minimum atomic E-state index is -0.760. The number of ether oxygens (including phenoxy) is 2. The molecule has 0 aliphatic rings. The van der Waals surface area contributed by atoms with Crippen molar-refractivity contribution in [2.75, 3.05) is 6.61 Å². The standard InChI is InChI=1S/C14H18O4/c1-11(2)18-14(16)13(15)9-6-10-17-12-7-4-3-5-8-12/h3-5,7-8,11H,6,9-10H2,1-2H3. The Morgan fingerprint density at radius 1 is 1.17 bits per heavy atom. The molecule has 0 atom stereocenters. The summed E-state index contributed by atoms with van der Waals surface area (Å²) in [6.45, 7) is 3.83. The zero-order valence-electron chi connectivity index (χ0n) is 10.7. The molecule has 0 saturated heterocycles. The summed E-state index contributed by atoms with van der Waals surface area (Å²) in [7, 11) is 0. The van der Waals surface area contributed by atoms with Crippen LogP contribution in [0.5, 0.6) is 5.75 Å². The number of para-hydroxylation sites is 1. The third-order valence-corrected chi connectivity index (χ3v) is 2.13. The Labute approximate surface area is 107 Å². The van der Waals surface area contributed by atoms with Gasteiger partial charge in [-0.05, 0) is 32.4 Å². The van der Waals surface area contributed by atoms with E-state index in [1.165, 1.54) is 0 Å². The van der Waals surface area contributed by atoms with E-state index in [9.17, 15) is 9.59 Å². The molecule has 18 heavy (non-hydrogen) atoms. The molecule has 0 fully saturated rings. The topological polar surface area (TPSA) is 52.6 Å². The molecule has 0 spiro atoms. The lowest BCUT2D eigenvalue weighted by Gasteiger charge is -2.07. The van der Waals surface area contributed by atoms with Crippen molar-refractivity contribution >= 4 is 11.8 Å². The maximum absolute atomic E-state index is 11.4. The summed E-state index contributed by atoms with van der Waals surface area (Å²) in [4.78, 5) is 22.6. The number of rotatable bonds is 7. The lowest BCUT2D eigenvalue weighted by atomic mass is 10.2. The van der Waals surface area contributed by atoms with Gasteiger partial charge in [0, 0.05) is 6.42 Å². The molecule has 0 radical (unpaired) electrons. The van der Waals surface area contributed by atoms with Gasteiger partial charge in [-0.15, -0.1) is 0 Å². The highest BCUT2D eigenvalue weighted by Crippen LogP contribution is 2.09. The van der Waals surface area contributed by atoms with Crippen molar-refractivity contribution in [1.29, 1.82) is 0 Å². The second-order valence-electron chi connectivity index (χ2n) is 4.14. The molecule has 1 aromatic carbocycles. The maximum Gasteiger partial charge on any atom is 0.374 e. The lowest BCUT2D eigenvalue weighted by Crippen LogP contribution is -2.21. The van der Waals surface area contributed by atoms with Crippen LogP contribution in [0.1, 0.15) is 26.7 Å². The highest BCUT2D eigenvalue weighted by atomic mass is 16.5. The number of esters is 1. The van der Waals surface area contributed by atoms with Crippen molar-refractivity contribution in [1.82, 2.24) is 0 Å². The van der Waals surface area contributed by atoms with Crippen LogP contribution in [-0.2, 0) is 14.3 Å². The zero-order valence-corrected chi connectivity index (χ0v) is 10.7. The molecule has 0 amide bonds. The number of benzene rings is 1. The second kappa shape index (κ2) is 7.48. The molecular weight excluding hydrogens is 232 g/mol. The summed E-state index contributed by atoms with van der Waals surface area (Å²) in [5.41, 5.74) is 0. The largest absolute Gasteiger partial charge is 0.494 e. The molecule has 0 N–H and O–H groups in total. The molecule has 0 unspecified atom stereocenters. The third-order valence-electron chi connectivity index (χ3n) is 2.13. The van der Waals surface area contributed by atoms with E-state index in [0.29, 0.717) is 13.0 Å². The van der Waals surface area contributed by atoms with E-state index in [4.69, 9.17) is 9.47 Å². The van der Waals surface area contributed by atoms with Crippen molar-refractivity contribution in [2.45, 2.75) is 32.8 Å². The molecule has 1 aromatic rings. The monoisotopic (exact) mass is 250 g/mol. The third kappa shape index (κ3) is 5.48. The van der Waals surface area contributed by atoms with E-state index in [2.05, 4.69) is 0 Å². The highest BCUT2D eigenvalue weighted by Gasteiger charge is 2.15. The first-order valence-electron chi connectivity index (χ1n) is 6.01. The van der Waals surface area contributed by atoms with Crippen LogP contribution in [0.3, 0.4) is 0 Å². The van der Waals surface area contributed by atoms with Gasteiger partial charge in [0.05, 0.1) is 12.7 Å². The molecule has 0 heterocycles. The van der Waals surface area contributed by atoms with Gasteiger partial charge in [-0.25, -0.2) is 4.79 Å². The van der Waals surface area contributed by atoms with Crippen LogP contribution in [0, 0.1) is 0 Å². The van der Waals surface area contributed by atoms with Crippen LogP contribution in [0.25, 0.3) is 0 Å². The Morgan fingerprint density at radius 3 is 2.44 bits per heavy atom. The summed E-state index contributed by atoms with van der Waals surface area (Å²) in [5.74, 6) is -0.500. The van der Waals surface area contributed by atoms with Crippen LogP contribution in [0.4, 0.5) is 0 Å². The Kier molecular flexibility index (Phi) is 5.91. The van der Waals surface area contributed by atoms with Crippen LogP contribution >= 0.6 is 0 Å². The van der Waals surface area contributed by atoms with Gasteiger partial charge in [-0.1, -0.05) is 18.2 Å². The molecule has 0 bridgehead atoms. The Balaban J connectivity index is 2.18. The molecule has 98 valence electrons. The lowest BCUT2D eigenvalue weighted by molar-refractivity contribution is -0.156. The molecular formula is C14H18O4. The van der Waals surface area contributed by atoms with Gasteiger partial charge in [0.2, 0.25) is 5.78 Å². The predicted octanol–water partition coefficient (Wildman–Crippen LogP) is 2.37. The number of hydrogen-bond donors (Lipinski definition) is 0. The maximum atomic E-state index is 11.4. The van der Waals surface area contributed by atoms with Crippen molar-refractivity contribution in [2.24, 2.45) is 0 Å². The summed E-state index contributed by atoms with van der Waals surface area (Å²) < 4.78 is 10.2. The van der Waals surface area contributed by atoms with Crippen LogP contribution in [0.2, 0.25) is 0 Å². The van der Waals surface area contributed by atoms with Crippen molar-refractivity contribution in [3.05, 3.63) is 30.3 Å². The molecule has 0 aliphatic heterocycles. The number of carbonyl (C=O) groups excluding carboxylic acids is 2. The van der Waals surface area contributed by atoms with E-state index in [0.717, 1.165) is 5.75 Å². The minimum Gasteiger partial charge on any atom is -0.494 e. The fourth-order valence-electron chi connectivity index (χ4n) is 1.32. The number of hydrogen-bond acceptors (Lipinski definition) is 4. The Bertz CT molecular complexity index is 384. The van der Waals surface area contributed by atoms with E-state index < -0.39 is 11.8 Å². The van der Waals surface area contributed by atoms with Crippen molar-refractivity contribution in [3.63, 3.8) is 0 Å². The SMILES string of the molecule is CC(C)OC(=O)C(=O)CCCOc1ccccc1. The van der Waals surface area contributed by atoms with E-state index in [1.54, 1.807) is 13.8 Å². The van der Waals surface area contributed by atoms with Crippen LogP contribution in [-0.4, -0.2) is 24.5 Å². The first kappa shape index (κ1) is 14.2. The van der Waals surface area contributed by atoms with Gasteiger partial charge in [0.15, 0.2) is 0 Å². The average Bonchev–Trinajstić information content (AvgIpc) is 2.34. The summed E-state index contributed by atoms with van der Waals surface area (Å²) in [6, 6.07) is 9.34. The molecule has 1 rings (SSSR count). The Hall–Kier alpha value is -1.84. The normalized spacial score (nSPS) is 10.2. The molecule has 0 saturated carbocycles. The first-order valence-corrected chi connectivity index (χ1v) is 6.01. The minimum absolute atomic E-state index is 0.151. The van der Waals surface area contributed by atoms with Gasteiger partial charge in [-0.3, -0.25) is 4.79 Å². The highest BCUT2D eigenvalue weighted by molar-refractivity contribution is 6.33. The molecule has 0 aromatic heterocycles. The zero-order chi connectivity index (χ0) is 13.4. The summed E-state index contributed by atoms with van der Waals surface area (Å²) >= 11 is 0. The molecule has 4 nitrogen and oxygen atoms in total. The van der Waals surface area contributed by atoms with E-state index >= 15 is 0 Å². The van der Waals surface area contributed by atoms with Crippen LogP contribution < -0.4 is 4.74 Å². The smallest absolute Gasteiger partial charge is 0.374 e. The van der Waals surface area contributed by atoms with Gasteiger partial charge >= 0.3 is 5.97 Å². The Morgan fingerprint density at radius 2 is 1.83 bits per heavy atom. The average molecular weight is 250 g/mol. The van der Waals surface area contributed by atoms with E-state index in [1.807, 2.05) is 30.3 Å². The van der Waals surface area contributed by atoms with Gasteiger partial charge in [0.1, 0.15) is 5.75 Å². The molecule has 4 heteroatoms. The van der Waals surface area contributed by atoms with Crippen molar-refractivity contribution < 1.29 is 19.1 Å². The van der Waals surface area contributed by atoms with Crippen LogP contribution in [0.15, 0.2) is 30.3 Å². The fourth-order valence-corrected chi connectivity index (χ4v) is 1.32. The van der Waals surface area contributed by atoms with Gasteiger partial charge in [0.25, 0.3) is 0 Å². The second-order valence-corrected chi connectivity index (χ2v) is 4.14. The quantitative estimate of drug-likeness (QED) is 0.423. The molecule has 0 aliphatic carbocycles. The summed E-state index contributed by atoms with van der Waals surface area (Å²) in [6.07, 6.45) is 0.390.